The molecule has 15 heavy (non-hydrogen) atoms. The van der Waals surface area contributed by atoms with Crippen LogP contribution in [0.5, 0.6) is 5.75 Å². The lowest BCUT2D eigenvalue weighted by molar-refractivity contribution is -0.132. The largest absolute Gasteiger partial charge is 0.508 e. The molecule has 0 aliphatic carbocycles. The van der Waals surface area contributed by atoms with Gasteiger partial charge in [0.1, 0.15) is 5.75 Å². The standard InChI is InChI=1S/C10H14N2O3/c1-15-12-10(14)9(11)6-7-2-4-8(13)5-3-7/h2-5,9,13H,6,11H2,1H3,(H,12,14)/t9-/m0/s1. The quantitative estimate of drug-likeness (QED) is 0.608. The molecule has 0 fully saturated rings. The second-order valence-corrected chi connectivity index (χ2v) is 3.15. The molecule has 0 bridgehead atoms. The van der Waals surface area contributed by atoms with Crippen LogP contribution in [0.3, 0.4) is 0 Å². The van der Waals surface area contributed by atoms with Gasteiger partial charge in [0.2, 0.25) is 0 Å². The van der Waals surface area contributed by atoms with Crippen LogP contribution >= 0.6 is 0 Å². The zero-order valence-electron chi connectivity index (χ0n) is 8.43. The number of carbonyl (C=O) groups is 1. The van der Waals surface area contributed by atoms with E-state index in [4.69, 9.17) is 10.8 Å². The molecule has 0 saturated heterocycles. The van der Waals surface area contributed by atoms with E-state index in [0.29, 0.717) is 6.42 Å². The van der Waals surface area contributed by atoms with Crippen LogP contribution in [0.15, 0.2) is 24.3 Å². The van der Waals surface area contributed by atoms with Crippen molar-refractivity contribution < 1.29 is 14.7 Å². The maximum absolute atomic E-state index is 11.2. The van der Waals surface area contributed by atoms with Crippen molar-refractivity contribution in [3.63, 3.8) is 0 Å². The number of nitrogens with one attached hydrogen (secondary N) is 1. The summed E-state index contributed by atoms with van der Waals surface area (Å²) in [6.07, 6.45) is 0.398. The van der Waals surface area contributed by atoms with Gasteiger partial charge in [0.15, 0.2) is 0 Å². The molecule has 0 aromatic heterocycles. The van der Waals surface area contributed by atoms with Gasteiger partial charge in [-0.3, -0.25) is 9.63 Å². The fraction of sp³-hybridized carbons (Fsp3) is 0.300. The van der Waals surface area contributed by atoms with E-state index < -0.39 is 6.04 Å². The number of phenolic OH excluding ortho intramolecular Hbond substituents is 1. The van der Waals surface area contributed by atoms with Crippen molar-refractivity contribution in [3.8, 4) is 5.75 Å². The topological polar surface area (TPSA) is 84.6 Å². The van der Waals surface area contributed by atoms with Crippen molar-refractivity contribution >= 4 is 5.91 Å². The van der Waals surface area contributed by atoms with Crippen molar-refractivity contribution in [3.05, 3.63) is 29.8 Å². The summed E-state index contributed by atoms with van der Waals surface area (Å²) in [7, 11) is 1.35. The lowest BCUT2D eigenvalue weighted by Crippen LogP contribution is -2.41. The van der Waals surface area contributed by atoms with Crippen LogP contribution in [0.2, 0.25) is 0 Å². The van der Waals surface area contributed by atoms with E-state index >= 15 is 0 Å². The third-order valence-corrected chi connectivity index (χ3v) is 1.93. The molecule has 1 rings (SSSR count). The molecule has 0 heterocycles. The number of aromatic hydroxyl groups is 1. The Morgan fingerprint density at radius 2 is 2.13 bits per heavy atom. The monoisotopic (exact) mass is 210 g/mol. The van der Waals surface area contributed by atoms with Gasteiger partial charge in [0, 0.05) is 0 Å². The van der Waals surface area contributed by atoms with Crippen LogP contribution < -0.4 is 11.2 Å². The normalized spacial score (nSPS) is 12.1. The van der Waals surface area contributed by atoms with E-state index in [9.17, 15) is 4.79 Å². The van der Waals surface area contributed by atoms with Crippen LogP contribution in [0.25, 0.3) is 0 Å². The van der Waals surface area contributed by atoms with Crippen molar-refractivity contribution in [2.75, 3.05) is 7.11 Å². The van der Waals surface area contributed by atoms with Crippen molar-refractivity contribution in [1.29, 1.82) is 0 Å². The number of hydrogen-bond acceptors (Lipinski definition) is 4. The Morgan fingerprint density at radius 3 is 2.67 bits per heavy atom. The summed E-state index contributed by atoms with van der Waals surface area (Å²) in [5, 5.41) is 9.05. The van der Waals surface area contributed by atoms with E-state index in [1.165, 1.54) is 7.11 Å². The SMILES string of the molecule is CONC(=O)[C@@H](N)Cc1ccc(O)cc1. The molecule has 0 aliphatic rings. The molecule has 5 heteroatoms. The Kier molecular flexibility index (Phi) is 4.08. The summed E-state index contributed by atoms with van der Waals surface area (Å²) >= 11 is 0. The molecule has 0 unspecified atom stereocenters. The van der Waals surface area contributed by atoms with Gasteiger partial charge in [-0.05, 0) is 24.1 Å². The average Bonchev–Trinajstić information content (AvgIpc) is 2.22. The van der Waals surface area contributed by atoms with Crippen LogP contribution in [-0.4, -0.2) is 24.2 Å². The summed E-state index contributed by atoms with van der Waals surface area (Å²) in [6, 6.07) is 5.88. The molecule has 1 aromatic rings. The van der Waals surface area contributed by atoms with E-state index in [1.807, 2.05) is 0 Å². The number of hydroxylamine groups is 1. The molecular weight excluding hydrogens is 196 g/mol. The predicted molar refractivity (Wildman–Crippen MR) is 54.9 cm³/mol. The van der Waals surface area contributed by atoms with Gasteiger partial charge in [0.25, 0.3) is 5.91 Å². The zero-order valence-corrected chi connectivity index (χ0v) is 8.43. The number of benzene rings is 1. The average molecular weight is 210 g/mol. The maximum Gasteiger partial charge on any atom is 0.260 e. The Balaban J connectivity index is 2.54. The smallest absolute Gasteiger partial charge is 0.260 e. The van der Waals surface area contributed by atoms with Crippen molar-refractivity contribution in [1.82, 2.24) is 5.48 Å². The van der Waals surface area contributed by atoms with E-state index in [0.717, 1.165) is 5.56 Å². The second kappa shape index (κ2) is 5.33. The van der Waals surface area contributed by atoms with Gasteiger partial charge < -0.3 is 10.8 Å². The molecule has 5 nitrogen and oxygen atoms in total. The Hall–Kier alpha value is -1.59. The van der Waals surface area contributed by atoms with E-state index in [1.54, 1.807) is 24.3 Å². The molecule has 1 atom stereocenters. The number of carbonyl (C=O) groups excluding carboxylic acids is 1. The first-order valence-electron chi connectivity index (χ1n) is 4.50. The lowest BCUT2D eigenvalue weighted by Gasteiger charge is -2.10. The van der Waals surface area contributed by atoms with E-state index in [-0.39, 0.29) is 11.7 Å². The predicted octanol–water partition coefficient (Wildman–Crippen LogP) is -0.0604. The van der Waals surface area contributed by atoms with Crippen LogP contribution in [-0.2, 0) is 16.1 Å². The molecule has 0 saturated carbocycles. The highest BCUT2D eigenvalue weighted by Crippen LogP contribution is 2.10. The Labute approximate surface area is 87.8 Å². The fourth-order valence-electron chi connectivity index (χ4n) is 1.15. The minimum atomic E-state index is -0.658. The van der Waals surface area contributed by atoms with Gasteiger partial charge in [-0.2, -0.15) is 0 Å². The summed E-state index contributed by atoms with van der Waals surface area (Å²) in [6.45, 7) is 0. The minimum absolute atomic E-state index is 0.189. The minimum Gasteiger partial charge on any atom is -0.508 e. The number of rotatable bonds is 4. The third-order valence-electron chi connectivity index (χ3n) is 1.93. The molecular formula is C10H14N2O3. The Bertz CT molecular complexity index is 324. The molecule has 0 spiro atoms. The first-order valence-corrected chi connectivity index (χ1v) is 4.50. The summed E-state index contributed by atoms with van der Waals surface area (Å²) in [4.78, 5) is 15.7. The van der Waals surface area contributed by atoms with Crippen molar-refractivity contribution in [2.24, 2.45) is 5.73 Å². The molecule has 1 aromatic carbocycles. The van der Waals surface area contributed by atoms with E-state index in [2.05, 4.69) is 10.3 Å². The van der Waals surface area contributed by atoms with Gasteiger partial charge in [-0.25, -0.2) is 5.48 Å². The first-order chi connectivity index (χ1) is 7.13. The van der Waals surface area contributed by atoms with Crippen LogP contribution in [0, 0.1) is 0 Å². The summed E-state index contributed by atoms with van der Waals surface area (Å²) < 4.78 is 0. The number of hydrogen-bond donors (Lipinski definition) is 3. The molecule has 0 radical (unpaired) electrons. The Morgan fingerprint density at radius 1 is 1.53 bits per heavy atom. The fourth-order valence-corrected chi connectivity index (χ4v) is 1.15. The first kappa shape index (κ1) is 11.5. The highest BCUT2D eigenvalue weighted by atomic mass is 16.6. The number of phenols is 1. The highest BCUT2D eigenvalue weighted by Gasteiger charge is 2.13. The molecule has 0 aliphatic heterocycles. The molecule has 82 valence electrons. The lowest BCUT2D eigenvalue weighted by atomic mass is 10.1. The third kappa shape index (κ3) is 3.57. The van der Waals surface area contributed by atoms with Gasteiger partial charge in [-0.1, -0.05) is 12.1 Å². The van der Waals surface area contributed by atoms with Crippen LogP contribution in [0.1, 0.15) is 5.56 Å². The molecule has 1 amide bonds. The van der Waals surface area contributed by atoms with Gasteiger partial charge in [0.05, 0.1) is 13.2 Å². The number of amides is 1. The van der Waals surface area contributed by atoms with Gasteiger partial charge >= 0.3 is 0 Å². The summed E-state index contributed by atoms with van der Waals surface area (Å²) in [5.41, 5.74) is 8.66. The highest BCUT2D eigenvalue weighted by molar-refractivity contribution is 5.80. The zero-order chi connectivity index (χ0) is 11.3. The number of nitrogens with two attached hydrogens (primary N) is 1. The molecule has 4 N–H and O–H groups in total. The maximum atomic E-state index is 11.2. The van der Waals surface area contributed by atoms with Crippen LogP contribution in [0.4, 0.5) is 0 Å². The second-order valence-electron chi connectivity index (χ2n) is 3.15. The van der Waals surface area contributed by atoms with Gasteiger partial charge in [-0.15, -0.1) is 0 Å². The van der Waals surface area contributed by atoms with Crippen molar-refractivity contribution in [2.45, 2.75) is 12.5 Å². The summed E-state index contributed by atoms with van der Waals surface area (Å²) in [5.74, 6) is -0.181.